The zero-order chi connectivity index (χ0) is 15.6. The van der Waals surface area contributed by atoms with Gasteiger partial charge in [-0.1, -0.05) is 23.7 Å². The summed E-state index contributed by atoms with van der Waals surface area (Å²) in [4.78, 5) is 28.2. The van der Waals surface area contributed by atoms with Crippen LogP contribution in [0.4, 0.5) is 0 Å². The molecular weight excluding hydrogens is 302 g/mol. The van der Waals surface area contributed by atoms with E-state index in [9.17, 15) is 9.59 Å². The van der Waals surface area contributed by atoms with Crippen molar-refractivity contribution in [3.8, 4) is 0 Å². The van der Waals surface area contributed by atoms with Crippen molar-refractivity contribution < 1.29 is 9.59 Å². The molecule has 1 fully saturated rings. The van der Waals surface area contributed by atoms with Gasteiger partial charge in [0.15, 0.2) is 0 Å². The Kier molecular flexibility index (Phi) is 3.81. The molecule has 1 saturated carbocycles. The zero-order valence-electron chi connectivity index (χ0n) is 11.7. The zero-order valence-corrected chi connectivity index (χ0v) is 12.4. The number of carbonyl (C=O) groups is 2. The molecule has 0 atom stereocenters. The van der Waals surface area contributed by atoms with E-state index in [0.29, 0.717) is 10.6 Å². The number of benzene rings is 1. The molecule has 1 aromatic heterocycles. The van der Waals surface area contributed by atoms with Gasteiger partial charge in [0.05, 0.1) is 11.0 Å². The SMILES string of the molecule is O=C(NNC(=O)C1(c2cccc(Cl)c2)CC1)c1cccnc1. The van der Waals surface area contributed by atoms with Crippen molar-refractivity contribution in [1.82, 2.24) is 15.8 Å². The molecule has 3 rings (SSSR count). The van der Waals surface area contributed by atoms with E-state index in [-0.39, 0.29) is 5.91 Å². The van der Waals surface area contributed by atoms with Crippen molar-refractivity contribution in [3.63, 3.8) is 0 Å². The summed E-state index contributed by atoms with van der Waals surface area (Å²) in [5.41, 5.74) is 5.57. The number of nitrogens with one attached hydrogen (secondary N) is 2. The van der Waals surface area contributed by atoms with Gasteiger partial charge in [-0.3, -0.25) is 25.4 Å². The Morgan fingerprint density at radius 2 is 1.95 bits per heavy atom. The number of hydrogen-bond donors (Lipinski definition) is 2. The molecule has 0 aliphatic heterocycles. The number of hydrogen-bond acceptors (Lipinski definition) is 3. The number of aromatic nitrogens is 1. The van der Waals surface area contributed by atoms with Crippen LogP contribution in [0.1, 0.15) is 28.8 Å². The summed E-state index contributed by atoms with van der Waals surface area (Å²) < 4.78 is 0. The van der Waals surface area contributed by atoms with E-state index in [1.165, 1.54) is 6.20 Å². The molecule has 1 heterocycles. The normalized spacial score (nSPS) is 15.0. The molecule has 0 unspecified atom stereocenters. The molecule has 0 radical (unpaired) electrons. The lowest BCUT2D eigenvalue weighted by Gasteiger charge is -2.16. The highest BCUT2D eigenvalue weighted by molar-refractivity contribution is 6.30. The predicted octanol–water partition coefficient (Wildman–Crippen LogP) is 2.23. The highest BCUT2D eigenvalue weighted by Gasteiger charge is 2.51. The molecule has 6 heteroatoms. The minimum atomic E-state index is -0.590. The molecule has 2 N–H and O–H groups in total. The van der Waals surface area contributed by atoms with E-state index < -0.39 is 11.3 Å². The lowest BCUT2D eigenvalue weighted by atomic mass is 9.95. The average molecular weight is 316 g/mol. The van der Waals surface area contributed by atoms with Gasteiger partial charge in [0, 0.05) is 17.4 Å². The predicted molar refractivity (Wildman–Crippen MR) is 82.2 cm³/mol. The summed E-state index contributed by atoms with van der Waals surface area (Å²) in [7, 11) is 0. The molecule has 0 bridgehead atoms. The van der Waals surface area contributed by atoms with Gasteiger partial charge in [-0.05, 0) is 42.7 Å². The molecule has 2 aromatic rings. The minimum Gasteiger partial charge on any atom is -0.272 e. The Hall–Kier alpha value is -2.40. The van der Waals surface area contributed by atoms with Gasteiger partial charge in [-0.25, -0.2) is 0 Å². The van der Waals surface area contributed by atoms with Crippen LogP contribution in [0.25, 0.3) is 0 Å². The van der Waals surface area contributed by atoms with Crippen LogP contribution >= 0.6 is 11.6 Å². The van der Waals surface area contributed by atoms with Gasteiger partial charge >= 0.3 is 0 Å². The van der Waals surface area contributed by atoms with E-state index in [1.807, 2.05) is 12.1 Å². The monoisotopic (exact) mass is 315 g/mol. The molecular formula is C16H14ClN3O2. The van der Waals surface area contributed by atoms with E-state index in [2.05, 4.69) is 15.8 Å². The summed E-state index contributed by atoms with van der Waals surface area (Å²) in [6.07, 6.45) is 4.49. The summed E-state index contributed by atoms with van der Waals surface area (Å²) in [6, 6.07) is 10.5. The highest BCUT2D eigenvalue weighted by atomic mass is 35.5. The second-order valence-corrected chi connectivity index (χ2v) is 5.68. The van der Waals surface area contributed by atoms with Crippen LogP contribution in [-0.2, 0) is 10.2 Å². The first-order chi connectivity index (χ1) is 10.6. The Morgan fingerprint density at radius 3 is 2.59 bits per heavy atom. The van der Waals surface area contributed by atoms with Crippen LogP contribution in [-0.4, -0.2) is 16.8 Å². The van der Waals surface area contributed by atoms with Crippen LogP contribution in [0.15, 0.2) is 48.8 Å². The first-order valence-electron chi connectivity index (χ1n) is 6.89. The molecule has 2 amide bonds. The van der Waals surface area contributed by atoms with Crippen LogP contribution in [0.3, 0.4) is 0 Å². The standard InChI is InChI=1S/C16H14ClN3O2/c17-13-5-1-4-12(9-13)16(6-7-16)15(22)20-19-14(21)11-3-2-8-18-10-11/h1-5,8-10H,6-7H2,(H,19,21)(H,20,22). The van der Waals surface area contributed by atoms with E-state index in [1.54, 1.807) is 30.5 Å². The van der Waals surface area contributed by atoms with Crippen molar-refractivity contribution in [3.05, 3.63) is 64.9 Å². The van der Waals surface area contributed by atoms with Crippen molar-refractivity contribution in [1.29, 1.82) is 0 Å². The minimum absolute atomic E-state index is 0.230. The molecule has 1 aliphatic carbocycles. The second kappa shape index (κ2) is 5.77. The molecule has 5 nitrogen and oxygen atoms in total. The number of carbonyl (C=O) groups excluding carboxylic acids is 2. The topological polar surface area (TPSA) is 71.1 Å². The van der Waals surface area contributed by atoms with Gasteiger partial charge in [0.2, 0.25) is 5.91 Å². The Bertz CT molecular complexity index is 714. The number of halogens is 1. The average Bonchev–Trinajstić information content (AvgIpc) is 3.35. The lowest BCUT2D eigenvalue weighted by Crippen LogP contribution is -2.46. The number of amides is 2. The van der Waals surface area contributed by atoms with Gasteiger partial charge in [0.1, 0.15) is 0 Å². The van der Waals surface area contributed by atoms with Gasteiger partial charge in [-0.2, -0.15) is 0 Å². The van der Waals surface area contributed by atoms with E-state index in [0.717, 1.165) is 18.4 Å². The maximum atomic E-state index is 12.4. The van der Waals surface area contributed by atoms with E-state index in [4.69, 9.17) is 11.6 Å². The number of rotatable bonds is 3. The third-order valence-electron chi connectivity index (χ3n) is 3.78. The largest absolute Gasteiger partial charge is 0.272 e. The van der Waals surface area contributed by atoms with Crippen LogP contribution in [0.5, 0.6) is 0 Å². The quantitative estimate of drug-likeness (QED) is 0.853. The number of pyridine rings is 1. The second-order valence-electron chi connectivity index (χ2n) is 5.24. The Labute approximate surface area is 132 Å². The highest BCUT2D eigenvalue weighted by Crippen LogP contribution is 2.48. The smallest absolute Gasteiger partial charge is 0.271 e. The third kappa shape index (κ3) is 2.80. The van der Waals surface area contributed by atoms with Crippen molar-refractivity contribution in [2.24, 2.45) is 0 Å². The van der Waals surface area contributed by atoms with Gasteiger partial charge in [-0.15, -0.1) is 0 Å². The van der Waals surface area contributed by atoms with Crippen LogP contribution in [0.2, 0.25) is 5.02 Å². The fourth-order valence-corrected chi connectivity index (χ4v) is 2.55. The summed E-state index contributed by atoms with van der Waals surface area (Å²) in [5, 5.41) is 0.593. The van der Waals surface area contributed by atoms with E-state index >= 15 is 0 Å². The first-order valence-corrected chi connectivity index (χ1v) is 7.26. The maximum absolute atomic E-state index is 12.4. The number of hydrazine groups is 1. The molecule has 0 spiro atoms. The summed E-state index contributed by atoms with van der Waals surface area (Å²) in [6.45, 7) is 0. The summed E-state index contributed by atoms with van der Waals surface area (Å²) in [5.74, 6) is -0.629. The van der Waals surface area contributed by atoms with Crippen LogP contribution < -0.4 is 10.9 Å². The van der Waals surface area contributed by atoms with Crippen LogP contribution in [0, 0.1) is 0 Å². The van der Waals surface area contributed by atoms with Gasteiger partial charge < -0.3 is 0 Å². The summed E-state index contributed by atoms with van der Waals surface area (Å²) >= 11 is 5.98. The third-order valence-corrected chi connectivity index (χ3v) is 4.01. The van der Waals surface area contributed by atoms with Crippen molar-refractivity contribution >= 4 is 23.4 Å². The maximum Gasteiger partial charge on any atom is 0.271 e. The molecule has 0 saturated heterocycles. The fourth-order valence-electron chi connectivity index (χ4n) is 2.36. The number of nitrogens with zero attached hydrogens (tertiary/aromatic N) is 1. The fraction of sp³-hybridized carbons (Fsp3) is 0.188. The van der Waals surface area contributed by atoms with Crippen molar-refractivity contribution in [2.45, 2.75) is 18.3 Å². The first kappa shape index (κ1) is 14.5. The Morgan fingerprint density at radius 1 is 1.14 bits per heavy atom. The molecule has 1 aromatic carbocycles. The molecule has 1 aliphatic rings. The molecule has 22 heavy (non-hydrogen) atoms. The van der Waals surface area contributed by atoms with Gasteiger partial charge in [0.25, 0.3) is 5.91 Å². The Balaban J connectivity index is 1.66. The lowest BCUT2D eigenvalue weighted by molar-refractivity contribution is -0.124. The molecule has 112 valence electrons. The van der Waals surface area contributed by atoms with Crippen molar-refractivity contribution in [2.75, 3.05) is 0 Å².